The summed E-state index contributed by atoms with van der Waals surface area (Å²) in [6.07, 6.45) is 2.37. The maximum Gasteiger partial charge on any atom is 0.408 e. The monoisotopic (exact) mass is 229 g/mol. The minimum Gasteiger partial charge on any atom is -0.444 e. The minimum absolute atomic E-state index is 0.209. The van der Waals surface area contributed by atoms with Crippen LogP contribution in [0.2, 0.25) is 0 Å². The van der Waals surface area contributed by atoms with Crippen LogP contribution < -0.4 is 16.6 Å². The molecule has 1 rings (SSSR count). The van der Waals surface area contributed by atoms with Crippen molar-refractivity contribution in [3.8, 4) is 0 Å². The Balaban J connectivity index is 2.45. The number of nitrogens with one attached hydrogen (secondary N) is 2. The van der Waals surface area contributed by atoms with Gasteiger partial charge in [-0.2, -0.15) is 0 Å². The molecular weight excluding hydrogens is 206 g/mol. The molecule has 0 radical (unpaired) electrons. The normalized spacial score (nSPS) is 30.2. The highest BCUT2D eigenvalue weighted by molar-refractivity contribution is 5.68. The highest BCUT2D eigenvalue weighted by Gasteiger charge is 2.36. The molecule has 0 aromatic rings. The predicted octanol–water partition coefficient (Wildman–Crippen LogP) is 1.29. The SMILES string of the molecule is CC1(NC(=O)OC(C)(C)C)CCC(NN)C1. The summed E-state index contributed by atoms with van der Waals surface area (Å²) in [5.41, 5.74) is 2.09. The smallest absolute Gasteiger partial charge is 0.408 e. The molecule has 0 aromatic heterocycles. The van der Waals surface area contributed by atoms with Crippen molar-refractivity contribution >= 4 is 6.09 Å². The van der Waals surface area contributed by atoms with Gasteiger partial charge in [0, 0.05) is 11.6 Å². The summed E-state index contributed by atoms with van der Waals surface area (Å²) < 4.78 is 5.23. The van der Waals surface area contributed by atoms with E-state index in [2.05, 4.69) is 10.7 Å². The topological polar surface area (TPSA) is 76.4 Å². The maximum absolute atomic E-state index is 11.6. The van der Waals surface area contributed by atoms with E-state index in [1.807, 2.05) is 27.7 Å². The number of hydrazine groups is 1. The first-order chi connectivity index (χ1) is 7.24. The van der Waals surface area contributed by atoms with E-state index in [0.717, 1.165) is 19.3 Å². The Hall–Kier alpha value is -0.810. The number of hydrogen-bond donors (Lipinski definition) is 3. The Bertz CT molecular complexity index is 262. The van der Waals surface area contributed by atoms with E-state index in [1.165, 1.54) is 0 Å². The van der Waals surface area contributed by atoms with E-state index in [4.69, 9.17) is 10.6 Å². The highest BCUT2D eigenvalue weighted by atomic mass is 16.6. The summed E-state index contributed by atoms with van der Waals surface area (Å²) in [6, 6.07) is 0.278. The van der Waals surface area contributed by atoms with Gasteiger partial charge in [-0.25, -0.2) is 4.79 Å². The predicted molar refractivity (Wildman–Crippen MR) is 62.7 cm³/mol. The number of alkyl carbamates (subject to hydrolysis) is 1. The van der Waals surface area contributed by atoms with Crippen LogP contribution >= 0.6 is 0 Å². The second-order valence-corrected chi connectivity index (χ2v) is 5.79. The molecule has 2 unspecified atom stereocenters. The maximum atomic E-state index is 11.6. The third-order valence-corrected chi connectivity index (χ3v) is 2.78. The molecule has 0 saturated heterocycles. The van der Waals surface area contributed by atoms with Crippen molar-refractivity contribution in [1.82, 2.24) is 10.7 Å². The average Bonchev–Trinajstić information content (AvgIpc) is 2.43. The standard InChI is InChI=1S/C11H23N3O2/c1-10(2,3)16-9(15)13-11(4)6-5-8(7-11)14-12/h8,14H,5-7,12H2,1-4H3,(H,13,15). The Labute approximate surface area is 97.1 Å². The summed E-state index contributed by atoms with van der Waals surface area (Å²) >= 11 is 0. The van der Waals surface area contributed by atoms with Crippen molar-refractivity contribution in [2.45, 2.75) is 64.1 Å². The van der Waals surface area contributed by atoms with Gasteiger partial charge in [0.25, 0.3) is 0 Å². The summed E-state index contributed by atoms with van der Waals surface area (Å²) in [5.74, 6) is 5.39. The highest BCUT2D eigenvalue weighted by Crippen LogP contribution is 2.29. The zero-order chi connectivity index (χ0) is 12.4. The van der Waals surface area contributed by atoms with Crippen molar-refractivity contribution in [2.24, 2.45) is 5.84 Å². The van der Waals surface area contributed by atoms with Crippen LogP contribution in [0, 0.1) is 0 Å². The van der Waals surface area contributed by atoms with Crippen LogP contribution in [-0.2, 0) is 4.74 Å². The van der Waals surface area contributed by atoms with Crippen LogP contribution in [0.15, 0.2) is 0 Å². The molecule has 1 amide bonds. The van der Waals surface area contributed by atoms with Gasteiger partial charge in [0.05, 0.1) is 0 Å². The van der Waals surface area contributed by atoms with Crippen LogP contribution in [0.25, 0.3) is 0 Å². The number of hydrogen-bond acceptors (Lipinski definition) is 4. The number of amides is 1. The van der Waals surface area contributed by atoms with E-state index < -0.39 is 5.60 Å². The quantitative estimate of drug-likeness (QED) is 0.492. The van der Waals surface area contributed by atoms with Crippen molar-refractivity contribution in [3.05, 3.63) is 0 Å². The third kappa shape index (κ3) is 3.98. The van der Waals surface area contributed by atoms with Gasteiger partial charge < -0.3 is 10.1 Å². The summed E-state index contributed by atoms with van der Waals surface area (Å²) in [7, 11) is 0. The van der Waals surface area contributed by atoms with Crippen molar-refractivity contribution in [3.63, 3.8) is 0 Å². The number of rotatable bonds is 2. The van der Waals surface area contributed by atoms with Gasteiger partial charge >= 0.3 is 6.09 Å². The minimum atomic E-state index is -0.454. The molecule has 1 saturated carbocycles. The molecule has 4 N–H and O–H groups in total. The second-order valence-electron chi connectivity index (χ2n) is 5.79. The molecule has 1 aliphatic rings. The molecular formula is C11H23N3O2. The fraction of sp³-hybridized carbons (Fsp3) is 0.909. The molecule has 5 heteroatoms. The average molecular weight is 229 g/mol. The molecule has 0 aliphatic heterocycles. The van der Waals surface area contributed by atoms with Gasteiger partial charge in [-0.05, 0) is 47.0 Å². The van der Waals surface area contributed by atoms with Gasteiger partial charge in [0.1, 0.15) is 5.60 Å². The number of ether oxygens (including phenoxy) is 1. The largest absolute Gasteiger partial charge is 0.444 e. The van der Waals surface area contributed by atoms with Crippen LogP contribution in [-0.4, -0.2) is 23.3 Å². The van der Waals surface area contributed by atoms with Crippen LogP contribution in [0.3, 0.4) is 0 Å². The van der Waals surface area contributed by atoms with Crippen LogP contribution in [0.4, 0.5) is 4.79 Å². The zero-order valence-corrected chi connectivity index (χ0v) is 10.6. The van der Waals surface area contributed by atoms with Gasteiger partial charge in [0.2, 0.25) is 0 Å². The summed E-state index contributed by atoms with van der Waals surface area (Å²) in [4.78, 5) is 11.6. The van der Waals surface area contributed by atoms with Crippen molar-refractivity contribution < 1.29 is 9.53 Å². The van der Waals surface area contributed by atoms with Crippen molar-refractivity contribution in [2.75, 3.05) is 0 Å². The summed E-state index contributed by atoms with van der Waals surface area (Å²) in [6.45, 7) is 7.59. The van der Waals surface area contributed by atoms with Crippen molar-refractivity contribution in [1.29, 1.82) is 0 Å². The van der Waals surface area contributed by atoms with Crippen LogP contribution in [0.5, 0.6) is 0 Å². The molecule has 16 heavy (non-hydrogen) atoms. The van der Waals surface area contributed by atoms with E-state index in [1.54, 1.807) is 0 Å². The van der Waals surface area contributed by atoms with E-state index >= 15 is 0 Å². The number of carbonyl (C=O) groups is 1. The molecule has 94 valence electrons. The lowest BCUT2D eigenvalue weighted by Crippen LogP contribution is -2.47. The van der Waals surface area contributed by atoms with Gasteiger partial charge in [-0.3, -0.25) is 11.3 Å². The first kappa shape index (κ1) is 13.3. The fourth-order valence-electron chi connectivity index (χ4n) is 2.05. The Morgan fingerprint density at radius 1 is 1.50 bits per heavy atom. The summed E-state index contributed by atoms with van der Waals surface area (Å²) in [5, 5.41) is 2.92. The Kier molecular flexibility index (Phi) is 3.80. The molecule has 0 aromatic carbocycles. The lowest BCUT2D eigenvalue weighted by Gasteiger charge is -2.28. The molecule has 1 fully saturated rings. The van der Waals surface area contributed by atoms with Gasteiger partial charge in [0.15, 0.2) is 0 Å². The first-order valence-electron chi connectivity index (χ1n) is 5.71. The van der Waals surface area contributed by atoms with Gasteiger partial charge in [-0.15, -0.1) is 0 Å². The van der Waals surface area contributed by atoms with Crippen LogP contribution in [0.1, 0.15) is 47.0 Å². The molecule has 0 spiro atoms. The van der Waals surface area contributed by atoms with E-state index in [9.17, 15) is 4.79 Å². The Morgan fingerprint density at radius 2 is 2.12 bits per heavy atom. The molecule has 1 aliphatic carbocycles. The lowest BCUT2D eigenvalue weighted by molar-refractivity contribution is 0.0465. The first-order valence-corrected chi connectivity index (χ1v) is 5.71. The number of nitrogens with two attached hydrogens (primary N) is 1. The number of carbonyl (C=O) groups excluding carboxylic acids is 1. The second kappa shape index (κ2) is 4.59. The third-order valence-electron chi connectivity index (χ3n) is 2.78. The molecule has 2 atom stereocenters. The zero-order valence-electron chi connectivity index (χ0n) is 10.6. The van der Waals surface area contributed by atoms with Gasteiger partial charge in [-0.1, -0.05) is 0 Å². The Morgan fingerprint density at radius 3 is 2.56 bits per heavy atom. The molecule has 0 bridgehead atoms. The molecule has 5 nitrogen and oxygen atoms in total. The fourth-order valence-corrected chi connectivity index (χ4v) is 2.05. The van der Waals surface area contributed by atoms with E-state index in [0.29, 0.717) is 0 Å². The lowest BCUT2D eigenvalue weighted by atomic mass is 10.0. The van der Waals surface area contributed by atoms with E-state index in [-0.39, 0.29) is 17.7 Å². The molecule has 0 heterocycles.